The smallest absolute Gasteiger partial charge is 0.338 e. The highest BCUT2D eigenvalue weighted by molar-refractivity contribution is 5.89. The molecule has 0 unspecified atom stereocenters. The molecule has 4 rings (SSSR count). The minimum atomic E-state index is -1.77. The van der Waals surface area contributed by atoms with Crippen LogP contribution in [0, 0.1) is 16.7 Å². The van der Waals surface area contributed by atoms with E-state index < -0.39 is 82.8 Å². The Labute approximate surface area is 256 Å². The Morgan fingerprint density at radius 1 is 0.909 bits per heavy atom. The van der Waals surface area contributed by atoms with E-state index in [0.29, 0.717) is 5.57 Å². The second-order valence-corrected chi connectivity index (χ2v) is 12.9. The molecule has 44 heavy (non-hydrogen) atoms. The van der Waals surface area contributed by atoms with Gasteiger partial charge in [0.1, 0.15) is 30.5 Å². The van der Waals surface area contributed by atoms with E-state index in [4.69, 9.17) is 18.9 Å². The van der Waals surface area contributed by atoms with Gasteiger partial charge in [0.05, 0.1) is 28.1 Å². The van der Waals surface area contributed by atoms with Crippen LogP contribution in [0.15, 0.2) is 53.6 Å². The van der Waals surface area contributed by atoms with Gasteiger partial charge in [-0.3, -0.25) is 14.4 Å². The first-order chi connectivity index (χ1) is 20.4. The van der Waals surface area contributed by atoms with Gasteiger partial charge in [-0.25, -0.2) is 4.79 Å². The first kappa shape index (κ1) is 33.4. The molecule has 0 bridgehead atoms. The molecule has 3 N–H and O–H groups in total. The van der Waals surface area contributed by atoms with Crippen molar-refractivity contribution in [3.63, 3.8) is 0 Å². The highest BCUT2D eigenvalue weighted by Gasteiger charge is 2.73. The molecule has 0 aromatic heterocycles. The van der Waals surface area contributed by atoms with Gasteiger partial charge in [-0.1, -0.05) is 31.7 Å². The molecule has 0 saturated heterocycles. The maximum Gasteiger partial charge on any atom is 0.338 e. The Morgan fingerprint density at radius 3 is 2.00 bits per heavy atom. The van der Waals surface area contributed by atoms with Crippen LogP contribution in [-0.4, -0.2) is 81.4 Å². The molecule has 0 heterocycles. The van der Waals surface area contributed by atoms with E-state index in [0.717, 1.165) is 0 Å². The summed E-state index contributed by atoms with van der Waals surface area (Å²) in [5.74, 6) is -3.97. The molecular weight excluding hydrogens is 572 g/mol. The summed E-state index contributed by atoms with van der Waals surface area (Å²) < 4.78 is 23.6. The summed E-state index contributed by atoms with van der Waals surface area (Å²) in [6, 6.07) is 8.10. The van der Waals surface area contributed by atoms with Crippen molar-refractivity contribution >= 4 is 23.9 Å². The van der Waals surface area contributed by atoms with Crippen LogP contribution in [0.2, 0.25) is 0 Å². The topological polar surface area (TPSA) is 166 Å². The Kier molecular flexibility index (Phi) is 8.91. The zero-order chi connectivity index (χ0) is 32.9. The van der Waals surface area contributed by atoms with Crippen LogP contribution >= 0.6 is 0 Å². The van der Waals surface area contributed by atoms with Crippen LogP contribution in [0.1, 0.15) is 71.7 Å². The largest absolute Gasteiger partial charge is 0.462 e. The molecular formula is C33H42O11. The van der Waals surface area contributed by atoms with E-state index in [9.17, 15) is 34.5 Å². The van der Waals surface area contributed by atoms with Crippen molar-refractivity contribution < 1.29 is 53.4 Å². The van der Waals surface area contributed by atoms with E-state index in [-0.39, 0.29) is 29.6 Å². The van der Waals surface area contributed by atoms with Crippen molar-refractivity contribution in [3.05, 3.63) is 59.2 Å². The second kappa shape index (κ2) is 11.8. The quantitative estimate of drug-likeness (QED) is 0.245. The number of rotatable bonds is 6. The first-order valence-corrected chi connectivity index (χ1v) is 14.6. The van der Waals surface area contributed by atoms with E-state index in [2.05, 4.69) is 6.58 Å². The number of benzene rings is 1. The summed E-state index contributed by atoms with van der Waals surface area (Å²) in [6.07, 6.45) is -8.13. The number of fused-ring (bicyclic) bond motifs is 2. The van der Waals surface area contributed by atoms with Crippen LogP contribution < -0.4 is 0 Å². The van der Waals surface area contributed by atoms with E-state index >= 15 is 0 Å². The minimum absolute atomic E-state index is 0.111. The lowest BCUT2D eigenvalue weighted by Gasteiger charge is -2.55. The van der Waals surface area contributed by atoms with E-state index in [1.807, 2.05) is 0 Å². The van der Waals surface area contributed by atoms with Gasteiger partial charge in [-0.2, -0.15) is 0 Å². The number of hydrogen-bond donors (Lipinski definition) is 3. The number of carbonyl (C=O) groups excluding carboxylic acids is 4. The molecule has 1 aromatic rings. The standard InChI is InChI=1S/C33H42O11/c1-16-22(37)14-24(42-19(4)35)32(8)26(16)28(43-20(5)36)33(31(6,7)40)15-23(41-18(3)34)17(2)25(33)27(38)29(32)44-30(39)21-12-10-9-11-13-21/h9-13,22-24,26-29,37-38,40H,1,14-15H2,2-8H3/t22-,23-,24-,26-,27+,28-,29-,32+,33-/m0/s1. The van der Waals surface area contributed by atoms with Crippen molar-refractivity contribution in [2.75, 3.05) is 0 Å². The highest BCUT2D eigenvalue weighted by atomic mass is 16.6. The van der Waals surface area contributed by atoms with Gasteiger partial charge >= 0.3 is 23.9 Å². The summed E-state index contributed by atoms with van der Waals surface area (Å²) in [4.78, 5) is 51.1. The minimum Gasteiger partial charge on any atom is -0.462 e. The van der Waals surface area contributed by atoms with Crippen LogP contribution in [-0.2, 0) is 33.3 Å². The molecule has 11 nitrogen and oxygen atoms in total. The zero-order valence-electron chi connectivity index (χ0n) is 26.2. The summed E-state index contributed by atoms with van der Waals surface area (Å²) in [7, 11) is 0. The van der Waals surface area contributed by atoms with Gasteiger partial charge in [-0.15, -0.1) is 0 Å². The number of ether oxygens (including phenoxy) is 4. The molecule has 0 amide bonds. The van der Waals surface area contributed by atoms with Crippen molar-refractivity contribution in [2.24, 2.45) is 16.7 Å². The highest BCUT2D eigenvalue weighted by Crippen LogP contribution is 2.65. The molecule has 0 spiro atoms. The summed E-state index contributed by atoms with van der Waals surface area (Å²) in [5.41, 5.74) is -4.07. The number of aliphatic hydroxyl groups excluding tert-OH is 2. The number of hydrogen-bond acceptors (Lipinski definition) is 11. The van der Waals surface area contributed by atoms with Crippen LogP contribution in [0.5, 0.6) is 0 Å². The fraction of sp³-hybridized carbons (Fsp3) is 0.576. The van der Waals surface area contributed by atoms with E-state index in [1.165, 1.54) is 46.8 Å². The van der Waals surface area contributed by atoms with Crippen LogP contribution in [0.3, 0.4) is 0 Å². The van der Waals surface area contributed by atoms with Crippen LogP contribution in [0.25, 0.3) is 0 Å². The van der Waals surface area contributed by atoms with Gasteiger partial charge < -0.3 is 34.3 Å². The maximum atomic E-state index is 13.6. The Morgan fingerprint density at radius 2 is 1.48 bits per heavy atom. The molecule has 9 atom stereocenters. The Balaban J connectivity index is 2.11. The molecule has 2 saturated carbocycles. The molecule has 0 radical (unpaired) electrons. The molecule has 11 heteroatoms. The maximum absolute atomic E-state index is 13.6. The van der Waals surface area contributed by atoms with Crippen molar-refractivity contribution in [1.82, 2.24) is 0 Å². The predicted octanol–water partition coefficient (Wildman–Crippen LogP) is 2.80. The summed E-state index contributed by atoms with van der Waals surface area (Å²) in [6.45, 7) is 14.0. The van der Waals surface area contributed by atoms with Gasteiger partial charge in [0.2, 0.25) is 0 Å². The van der Waals surface area contributed by atoms with E-state index in [1.54, 1.807) is 32.0 Å². The Hall–Kier alpha value is -3.54. The monoisotopic (exact) mass is 614 g/mol. The Bertz CT molecular complexity index is 1380. The fourth-order valence-electron chi connectivity index (χ4n) is 7.85. The third-order valence-electron chi connectivity index (χ3n) is 9.75. The van der Waals surface area contributed by atoms with Gasteiger partial charge in [0.25, 0.3) is 0 Å². The third kappa shape index (κ3) is 5.35. The lowest BCUT2D eigenvalue weighted by Crippen LogP contribution is -2.63. The molecule has 0 aliphatic heterocycles. The number of esters is 4. The summed E-state index contributed by atoms with van der Waals surface area (Å²) >= 11 is 0. The molecule has 3 aliphatic rings. The second-order valence-electron chi connectivity index (χ2n) is 12.9. The lowest BCUT2D eigenvalue weighted by molar-refractivity contribution is -0.208. The van der Waals surface area contributed by atoms with Gasteiger partial charge in [0.15, 0.2) is 0 Å². The van der Waals surface area contributed by atoms with Gasteiger partial charge in [-0.05, 0) is 49.6 Å². The molecule has 3 aliphatic carbocycles. The normalized spacial score (nSPS) is 35.1. The number of aliphatic hydroxyl groups is 3. The third-order valence-corrected chi connectivity index (χ3v) is 9.75. The van der Waals surface area contributed by atoms with Gasteiger partial charge in [0, 0.05) is 39.5 Å². The van der Waals surface area contributed by atoms with Crippen molar-refractivity contribution in [1.29, 1.82) is 0 Å². The summed E-state index contributed by atoms with van der Waals surface area (Å²) in [5, 5.41) is 35.8. The predicted molar refractivity (Wildman–Crippen MR) is 156 cm³/mol. The van der Waals surface area contributed by atoms with Crippen LogP contribution in [0.4, 0.5) is 0 Å². The average Bonchev–Trinajstić information content (AvgIpc) is 3.18. The fourth-order valence-corrected chi connectivity index (χ4v) is 7.85. The molecule has 2 fully saturated rings. The van der Waals surface area contributed by atoms with Crippen molar-refractivity contribution in [2.45, 2.75) is 104 Å². The average molecular weight is 615 g/mol. The number of carbonyl (C=O) groups is 4. The molecule has 1 aromatic carbocycles. The SMILES string of the molecule is C=C1[C@@H](O)C[C@H](OC(C)=O)[C@@]2(C)[C@@H](OC(=O)c3ccccc3)[C@H](O)C3=C(C)[C@@H](OC(C)=O)C[C@@]3(C(C)(C)O)[C@@H](OC(C)=O)[C@H]12. The molecule has 240 valence electrons. The lowest BCUT2D eigenvalue weighted by atomic mass is 9.54. The van der Waals surface area contributed by atoms with Crippen molar-refractivity contribution in [3.8, 4) is 0 Å². The first-order valence-electron chi connectivity index (χ1n) is 14.6. The zero-order valence-corrected chi connectivity index (χ0v) is 26.2.